The summed E-state index contributed by atoms with van der Waals surface area (Å²) >= 11 is 0. The van der Waals surface area contributed by atoms with Crippen molar-refractivity contribution in [3.05, 3.63) is 0 Å². The topological polar surface area (TPSA) is 64.3 Å². The summed E-state index contributed by atoms with van der Waals surface area (Å²) in [7, 11) is 1.54. The van der Waals surface area contributed by atoms with E-state index in [0.717, 1.165) is 31.7 Å². The van der Waals surface area contributed by atoms with E-state index in [-0.39, 0.29) is 29.2 Å². The lowest BCUT2D eigenvalue weighted by Gasteiger charge is -2.59. The molecule has 4 rings (SSSR count). The van der Waals surface area contributed by atoms with Crippen LogP contribution >= 0.6 is 12.4 Å². The van der Waals surface area contributed by atoms with Gasteiger partial charge in [-0.25, -0.2) is 0 Å². The molecule has 4 fully saturated rings. The molecule has 4 saturated carbocycles. The Morgan fingerprint density at radius 3 is 2.36 bits per heavy atom. The Labute approximate surface area is 140 Å². The summed E-state index contributed by atoms with van der Waals surface area (Å²) in [5.74, 6) is 2.07. The lowest BCUT2D eigenvalue weighted by atomic mass is 9.48. The van der Waals surface area contributed by atoms with Crippen LogP contribution in [-0.4, -0.2) is 32.2 Å². The van der Waals surface area contributed by atoms with Crippen LogP contribution in [0, 0.1) is 28.6 Å². The van der Waals surface area contributed by atoms with Crippen LogP contribution in [0.25, 0.3) is 0 Å². The Bertz CT molecular complexity index is 411. The van der Waals surface area contributed by atoms with Crippen molar-refractivity contribution in [3.63, 3.8) is 0 Å². The molecule has 0 amide bonds. The average molecular weight is 331 g/mol. The van der Waals surface area contributed by atoms with Gasteiger partial charge in [0.05, 0.1) is 12.5 Å². The Kier molecular flexibility index (Phi) is 5.15. The van der Waals surface area contributed by atoms with E-state index in [1.807, 2.05) is 0 Å². The van der Waals surface area contributed by atoms with Crippen molar-refractivity contribution >= 4 is 18.4 Å². The third-order valence-corrected chi connectivity index (χ3v) is 6.26. The zero-order chi connectivity index (χ0) is 15.3. The molecule has 5 heteroatoms. The van der Waals surface area contributed by atoms with Crippen LogP contribution in [0.15, 0.2) is 0 Å². The summed E-state index contributed by atoms with van der Waals surface area (Å²) in [6.45, 7) is 6.10. The lowest BCUT2D eigenvalue weighted by molar-refractivity contribution is -0.171. The van der Waals surface area contributed by atoms with Crippen LogP contribution < -0.4 is 11.1 Å². The molecule has 0 aromatic rings. The molecule has 0 aliphatic heterocycles. The van der Waals surface area contributed by atoms with E-state index in [4.69, 9.17) is 10.5 Å². The summed E-state index contributed by atoms with van der Waals surface area (Å²) in [6.07, 6.45) is 5.68. The van der Waals surface area contributed by atoms with E-state index >= 15 is 0 Å². The first-order valence-corrected chi connectivity index (χ1v) is 8.41. The molecule has 0 aromatic heterocycles. The van der Waals surface area contributed by atoms with Crippen molar-refractivity contribution < 1.29 is 9.53 Å². The number of ether oxygens (including phenoxy) is 1. The monoisotopic (exact) mass is 330 g/mol. The molecule has 4 nitrogen and oxygen atoms in total. The zero-order valence-electron chi connectivity index (χ0n) is 14.1. The zero-order valence-corrected chi connectivity index (χ0v) is 14.9. The predicted molar refractivity (Wildman–Crippen MR) is 89.9 cm³/mol. The van der Waals surface area contributed by atoms with Crippen LogP contribution in [0.5, 0.6) is 0 Å². The van der Waals surface area contributed by atoms with Gasteiger partial charge in [0.2, 0.25) is 0 Å². The van der Waals surface area contributed by atoms with E-state index in [1.54, 1.807) is 7.11 Å². The Morgan fingerprint density at radius 1 is 1.27 bits per heavy atom. The summed E-state index contributed by atoms with van der Waals surface area (Å²) in [4.78, 5) is 12.3. The molecule has 2 unspecified atom stereocenters. The first-order chi connectivity index (χ1) is 9.89. The highest BCUT2D eigenvalue weighted by Crippen LogP contribution is 2.60. The van der Waals surface area contributed by atoms with E-state index in [1.165, 1.54) is 12.8 Å². The van der Waals surface area contributed by atoms with Gasteiger partial charge in [0.15, 0.2) is 0 Å². The molecule has 0 heterocycles. The Hall–Kier alpha value is -0.320. The number of esters is 1. The number of carbonyl (C=O) groups is 1. The number of hydrogen-bond acceptors (Lipinski definition) is 4. The molecule has 0 spiro atoms. The van der Waals surface area contributed by atoms with E-state index < -0.39 is 0 Å². The molecule has 2 atom stereocenters. The minimum atomic E-state index is -0.160. The van der Waals surface area contributed by atoms with Crippen LogP contribution in [-0.2, 0) is 9.53 Å². The van der Waals surface area contributed by atoms with E-state index in [0.29, 0.717) is 24.4 Å². The van der Waals surface area contributed by atoms with Gasteiger partial charge in [-0.2, -0.15) is 0 Å². The molecule has 0 aromatic carbocycles. The number of rotatable bonds is 5. The van der Waals surface area contributed by atoms with Gasteiger partial charge in [-0.05, 0) is 61.8 Å². The Morgan fingerprint density at radius 2 is 1.86 bits per heavy atom. The number of halogens is 1. The molecular weight excluding hydrogens is 300 g/mol. The molecule has 4 aliphatic rings. The lowest BCUT2D eigenvalue weighted by Crippen LogP contribution is -2.61. The van der Waals surface area contributed by atoms with Gasteiger partial charge in [-0.1, -0.05) is 13.8 Å². The molecule has 3 N–H and O–H groups in total. The second-order valence-electron chi connectivity index (χ2n) is 8.52. The first kappa shape index (κ1) is 18.0. The number of nitrogens with one attached hydrogen (secondary N) is 1. The van der Waals surface area contributed by atoms with Crippen molar-refractivity contribution in [2.75, 3.05) is 20.2 Å². The maximum atomic E-state index is 12.3. The average Bonchev–Trinajstić information content (AvgIpc) is 2.45. The van der Waals surface area contributed by atoms with Crippen molar-refractivity contribution in [2.45, 2.75) is 52.0 Å². The predicted octanol–water partition coefficient (Wildman–Crippen LogP) is 2.35. The van der Waals surface area contributed by atoms with Gasteiger partial charge in [-0.15, -0.1) is 12.4 Å². The smallest absolute Gasteiger partial charge is 0.311 e. The highest BCUT2D eigenvalue weighted by Gasteiger charge is 2.58. The van der Waals surface area contributed by atoms with E-state index in [9.17, 15) is 4.79 Å². The van der Waals surface area contributed by atoms with Crippen LogP contribution in [0.1, 0.15) is 46.0 Å². The van der Waals surface area contributed by atoms with Crippen molar-refractivity contribution in [3.8, 4) is 0 Å². The van der Waals surface area contributed by atoms with Gasteiger partial charge >= 0.3 is 5.97 Å². The molecule has 4 aliphatic carbocycles. The van der Waals surface area contributed by atoms with Gasteiger partial charge in [0.25, 0.3) is 0 Å². The molecule has 4 bridgehead atoms. The summed E-state index contributed by atoms with van der Waals surface area (Å²) in [5, 5.41) is 3.80. The highest BCUT2D eigenvalue weighted by atomic mass is 35.5. The summed E-state index contributed by atoms with van der Waals surface area (Å²) in [6, 6.07) is 0.574. The second-order valence-corrected chi connectivity index (χ2v) is 8.52. The van der Waals surface area contributed by atoms with Crippen LogP contribution in [0.4, 0.5) is 0 Å². The minimum absolute atomic E-state index is 0. The largest absolute Gasteiger partial charge is 0.469 e. The van der Waals surface area contributed by atoms with Gasteiger partial charge < -0.3 is 15.8 Å². The maximum absolute atomic E-state index is 12.3. The standard InChI is InChI=1S/C17H30N2O2.ClH/c1-16(2,9-18)10-19-14-12-4-11-5-13(14)8-17(6-11,7-12)15(20)21-3;/h11-14,19H,4-10,18H2,1-3H3;1H. The molecule has 128 valence electrons. The fourth-order valence-electron chi connectivity index (χ4n) is 5.29. The fraction of sp³-hybridized carbons (Fsp3) is 0.941. The van der Waals surface area contributed by atoms with Gasteiger partial charge in [-0.3, -0.25) is 4.79 Å². The number of carbonyl (C=O) groups excluding carboxylic acids is 1. The van der Waals surface area contributed by atoms with Gasteiger partial charge in [0.1, 0.15) is 0 Å². The Balaban J connectivity index is 0.00000176. The maximum Gasteiger partial charge on any atom is 0.311 e. The van der Waals surface area contributed by atoms with Crippen molar-refractivity contribution in [1.82, 2.24) is 5.32 Å². The third-order valence-electron chi connectivity index (χ3n) is 6.26. The SMILES string of the molecule is COC(=O)C12CC3CC(C1)C(NCC(C)(C)CN)C(C3)C2.Cl. The van der Waals surface area contributed by atoms with Crippen LogP contribution in [0.2, 0.25) is 0 Å². The fourth-order valence-corrected chi connectivity index (χ4v) is 5.29. The molecule has 0 saturated heterocycles. The van der Waals surface area contributed by atoms with Crippen molar-refractivity contribution in [2.24, 2.45) is 34.3 Å². The van der Waals surface area contributed by atoms with E-state index in [2.05, 4.69) is 19.2 Å². The summed E-state index contributed by atoms with van der Waals surface area (Å²) in [5.41, 5.74) is 5.83. The normalized spacial score (nSPS) is 39.5. The number of nitrogens with two attached hydrogens (primary N) is 1. The van der Waals surface area contributed by atoms with Crippen molar-refractivity contribution in [1.29, 1.82) is 0 Å². The highest BCUT2D eigenvalue weighted by molar-refractivity contribution is 5.85. The van der Waals surface area contributed by atoms with Gasteiger partial charge in [0, 0.05) is 12.6 Å². The third kappa shape index (κ3) is 3.02. The number of hydrogen-bond donors (Lipinski definition) is 2. The first-order valence-electron chi connectivity index (χ1n) is 8.41. The quantitative estimate of drug-likeness (QED) is 0.759. The van der Waals surface area contributed by atoms with Crippen LogP contribution in [0.3, 0.4) is 0 Å². The second kappa shape index (κ2) is 6.29. The molecule has 0 radical (unpaired) electrons. The number of methoxy groups -OCH3 is 1. The molecular formula is C17H31ClN2O2. The molecule has 22 heavy (non-hydrogen) atoms. The minimum Gasteiger partial charge on any atom is -0.469 e. The summed E-state index contributed by atoms with van der Waals surface area (Å²) < 4.78 is 5.13.